The summed E-state index contributed by atoms with van der Waals surface area (Å²) >= 11 is 1.56. The van der Waals surface area contributed by atoms with Crippen LogP contribution in [-0.4, -0.2) is 57.1 Å². The number of thioether (sulfide) groups is 1. The van der Waals surface area contributed by atoms with Crippen LogP contribution in [0.25, 0.3) is 0 Å². The Balaban J connectivity index is 1.47. The van der Waals surface area contributed by atoms with Crippen LogP contribution in [-0.2, 0) is 9.53 Å². The van der Waals surface area contributed by atoms with Crippen molar-refractivity contribution < 1.29 is 9.53 Å². The number of nitrogens with zero attached hydrogens (tertiary/aromatic N) is 4. The molecule has 6 nitrogen and oxygen atoms in total. The average molecular weight is 322 g/mol. The molecule has 2 aliphatic carbocycles. The molecular formula is C15H22N4O2S. The molecule has 7 heteroatoms. The first-order chi connectivity index (χ1) is 10.7. The second kappa shape index (κ2) is 5.85. The molecule has 22 heavy (non-hydrogen) atoms. The van der Waals surface area contributed by atoms with E-state index in [2.05, 4.69) is 14.8 Å². The Bertz CT molecular complexity index is 562. The molecule has 2 saturated carbocycles. The fourth-order valence-electron chi connectivity index (χ4n) is 2.91. The summed E-state index contributed by atoms with van der Waals surface area (Å²) < 4.78 is 7.63. The molecule has 0 bridgehead atoms. The SMILES string of the molecule is C[C@@H](Sc1nnc(C2CC2)n1C1CC1)C(=O)N1CCOCC1. The van der Waals surface area contributed by atoms with Crippen LogP contribution in [0.4, 0.5) is 0 Å². The topological polar surface area (TPSA) is 60.2 Å². The first kappa shape index (κ1) is 14.5. The lowest BCUT2D eigenvalue weighted by atomic mass is 10.3. The van der Waals surface area contributed by atoms with E-state index >= 15 is 0 Å². The van der Waals surface area contributed by atoms with Gasteiger partial charge in [-0.1, -0.05) is 11.8 Å². The van der Waals surface area contributed by atoms with Crippen molar-refractivity contribution in [3.63, 3.8) is 0 Å². The average Bonchev–Trinajstić information content (AvgIpc) is 3.46. The third-order valence-corrected chi connectivity index (χ3v) is 5.54. The smallest absolute Gasteiger partial charge is 0.236 e. The van der Waals surface area contributed by atoms with Gasteiger partial charge in [0.05, 0.1) is 18.5 Å². The summed E-state index contributed by atoms with van der Waals surface area (Å²) in [5.74, 6) is 1.94. The second-order valence-corrected chi connectivity index (χ2v) is 7.72. The van der Waals surface area contributed by atoms with Gasteiger partial charge in [-0.05, 0) is 32.6 Å². The van der Waals surface area contributed by atoms with Gasteiger partial charge in [0, 0.05) is 25.0 Å². The van der Waals surface area contributed by atoms with Gasteiger partial charge in [0.15, 0.2) is 5.16 Å². The maximum absolute atomic E-state index is 12.5. The summed E-state index contributed by atoms with van der Waals surface area (Å²) in [6, 6.07) is 0.568. The summed E-state index contributed by atoms with van der Waals surface area (Å²) in [6.07, 6.45) is 4.91. The monoisotopic (exact) mass is 322 g/mol. The highest BCUT2D eigenvalue weighted by molar-refractivity contribution is 8.00. The molecule has 3 fully saturated rings. The molecule has 1 saturated heterocycles. The first-order valence-corrected chi connectivity index (χ1v) is 9.10. The lowest BCUT2D eigenvalue weighted by molar-refractivity contribution is -0.134. The third-order valence-electron chi connectivity index (χ3n) is 4.50. The molecule has 1 aromatic rings. The number of carbonyl (C=O) groups excluding carboxylic acids is 1. The summed E-state index contributed by atoms with van der Waals surface area (Å²) in [5.41, 5.74) is 0. The zero-order valence-electron chi connectivity index (χ0n) is 12.9. The fraction of sp³-hybridized carbons (Fsp3) is 0.800. The van der Waals surface area contributed by atoms with Crippen molar-refractivity contribution in [3.05, 3.63) is 5.82 Å². The van der Waals surface area contributed by atoms with Crippen molar-refractivity contribution in [3.8, 4) is 0 Å². The lowest BCUT2D eigenvalue weighted by Crippen LogP contribution is -2.44. The first-order valence-electron chi connectivity index (χ1n) is 8.22. The van der Waals surface area contributed by atoms with Crippen LogP contribution < -0.4 is 0 Å². The highest BCUT2D eigenvalue weighted by Crippen LogP contribution is 2.46. The van der Waals surface area contributed by atoms with E-state index in [-0.39, 0.29) is 11.2 Å². The van der Waals surface area contributed by atoms with E-state index in [0.29, 0.717) is 38.3 Å². The molecule has 2 heterocycles. The van der Waals surface area contributed by atoms with Crippen LogP contribution in [0.3, 0.4) is 0 Å². The number of ether oxygens (including phenoxy) is 1. The molecule has 1 atom stereocenters. The molecule has 1 aliphatic heterocycles. The van der Waals surface area contributed by atoms with E-state index in [4.69, 9.17) is 4.74 Å². The Labute approximate surface area is 134 Å². The highest BCUT2D eigenvalue weighted by atomic mass is 32.2. The Morgan fingerprint density at radius 1 is 1.23 bits per heavy atom. The normalized spacial score (nSPS) is 23.6. The minimum atomic E-state index is -0.119. The van der Waals surface area contributed by atoms with E-state index in [1.807, 2.05) is 11.8 Å². The summed E-state index contributed by atoms with van der Waals surface area (Å²) in [5, 5.41) is 9.61. The van der Waals surface area contributed by atoms with Gasteiger partial charge in [-0.25, -0.2) is 0 Å². The van der Waals surface area contributed by atoms with E-state index in [1.54, 1.807) is 11.8 Å². The van der Waals surface area contributed by atoms with E-state index in [0.717, 1.165) is 11.0 Å². The summed E-state index contributed by atoms with van der Waals surface area (Å²) in [6.45, 7) is 4.67. The minimum Gasteiger partial charge on any atom is -0.378 e. The quantitative estimate of drug-likeness (QED) is 0.774. The van der Waals surface area contributed by atoms with Crippen LogP contribution in [0.1, 0.15) is 50.4 Å². The standard InChI is InChI=1S/C15H22N4O2S/c1-10(14(20)18-6-8-21-9-7-18)22-15-17-16-13(11-2-3-11)19(15)12-4-5-12/h10-12H,2-9H2,1H3/t10-/m1/s1. The molecule has 0 N–H and O–H groups in total. The number of hydrogen-bond donors (Lipinski definition) is 0. The van der Waals surface area contributed by atoms with Gasteiger partial charge in [0.2, 0.25) is 5.91 Å². The Kier molecular flexibility index (Phi) is 3.86. The van der Waals surface area contributed by atoms with Crippen LogP contribution in [0.15, 0.2) is 5.16 Å². The molecule has 120 valence electrons. The zero-order valence-corrected chi connectivity index (χ0v) is 13.7. The van der Waals surface area contributed by atoms with Gasteiger partial charge < -0.3 is 14.2 Å². The van der Waals surface area contributed by atoms with E-state index < -0.39 is 0 Å². The summed E-state index contributed by atoms with van der Waals surface area (Å²) in [4.78, 5) is 14.4. The van der Waals surface area contributed by atoms with Crippen molar-refractivity contribution in [1.82, 2.24) is 19.7 Å². The molecule has 0 spiro atoms. The van der Waals surface area contributed by atoms with Crippen LogP contribution in [0.5, 0.6) is 0 Å². The predicted octanol–water partition coefficient (Wildman–Crippen LogP) is 1.83. The van der Waals surface area contributed by atoms with Crippen LogP contribution >= 0.6 is 11.8 Å². The Morgan fingerprint density at radius 2 is 1.95 bits per heavy atom. The molecule has 0 unspecified atom stereocenters. The summed E-state index contributed by atoms with van der Waals surface area (Å²) in [7, 11) is 0. The molecule has 1 aromatic heterocycles. The van der Waals surface area contributed by atoms with Crippen molar-refractivity contribution in [2.45, 2.75) is 55.0 Å². The highest BCUT2D eigenvalue weighted by Gasteiger charge is 2.37. The van der Waals surface area contributed by atoms with Crippen LogP contribution in [0.2, 0.25) is 0 Å². The predicted molar refractivity (Wildman–Crippen MR) is 83.0 cm³/mol. The maximum atomic E-state index is 12.5. The zero-order chi connectivity index (χ0) is 15.1. The van der Waals surface area contributed by atoms with E-state index in [9.17, 15) is 4.79 Å². The van der Waals surface area contributed by atoms with Crippen molar-refractivity contribution >= 4 is 17.7 Å². The van der Waals surface area contributed by atoms with Gasteiger partial charge in [-0.3, -0.25) is 4.79 Å². The van der Waals surface area contributed by atoms with Crippen molar-refractivity contribution in [2.75, 3.05) is 26.3 Å². The third kappa shape index (κ3) is 2.88. The number of hydrogen-bond acceptors (Lipinski definition) is 5. The number of morpholine rings is 1. The maximum Gasteiger partial charge on any atom is 0.236 e. The number of aromatic nitrogens is 3. The van der Waals surface area contributed by atoms with Crippen LogP contribution in [0, 0.1) is 0 Å². The fourth-order valence-corrected chi connectivity index (χ4v) is 3.92. The molecule has 1 amide bonds. The van der Waals surface area contributed by atoms with Crippen molar-refractivity contribution in [2.24, 2.45) is 0 Å². The van der Waals surface area contributed by atoms with Gasteiger partial charge in [0.25, 0.3) is 0 Å². The van der Waals surface area contributed by atoms with Gasteiger partial charge in [-0.15, -0.1) is 10.2 Å². The number of rotatable bonds is 5. The number of amides is 1. The molecule has 4 rings (SSSR count). The Hall–Kier alpha value is -1.08. The molecule has 0 radical (unpaired) electrons. The van der Waals surface area contributed by atoms with E-state index in [1.165, 1.54) is 25.7 Å². The molecule has 3 aliphatic rings. The van der Waals surface area contributed by atoms with Crippen molar-refractivity contribution in [1.29, 1.82) is 0 Å². The largest absolute Gasteiger partial charge is 0.378 e. The number of carbonyl (C=O) groups is 1. The van der Waals surface area contributed by atoms with Gasteiger partial charge >= 0.3 is 0 Å². The Morgan fingerprint density at radius 3 is 2.59 bits per heavy atom. The minimum absolute atomic E-state index is 0.119. The van der Waals surface area contributed by atoms with Gasteiger partial charge in [0.1, 0.15) is 5.82 Å². The molecular weight excluding hydrogens is 300 g/mol. The second-order valence-electron chi connectivity index (χ2n) is 6.41. The lowest BCUT2D eigenvalue weighted by Gasteiger charge is -2.28. The molecule has 0 aromatic carbocycles. The van der Waals surface area contributed by atoms with Gasteiger partial charge in [-0.2, -0.15) is 0 Å².